The van der Waals surface area contributed by atoms with Crippen molar-refractivity contribution in [2.24, 2.45) is 0 Å². The normalized spacial score (nSPS) is 12.1. The molecule has 3 rings (SSSR count). The molecule has 0 unspecified atom stereocenters. The highest BCUT2D eigenvalue weighted by atomic mass is 35.5. The number of hydrogen-bond acceptors (Lipinski definition) is 6. The van der Waals surface area contributed by atoms with Gasteiger partial charge in [0.2, 0.25) is 17.6 Å². The molecular weight excluding hydrogens is 378 g/mol. The summed E-state index contributed by atoms with van der Waals surface area (Å²) in [6, 6.07) is 11.3. The summed E-state index contributed by atoms with van der Waals surface area (Å²) < 4.78 is 5.19. The van der Waals surface area contributed by atoms with Crippen molar-refractivity contribution in [1.29, 1.82) is 0 Å². The average molecular weight is 394 g/mol. The minimum Gasteiger partial charge on any atom is -0.346 e. The quantitative estimate of drug-likeness (QED) is 0.592. The van der Waals surface area contributed by atoms with Gasteiger partial charge in [-0.15, -0.1) is 23.1 Å². The van der Waals surface area contributed by atoms with Crippen molar-refractivity contribution in [3.05, 3.63) is 52.7 Å². The molecule has 1 amide bonds. The van der Waals surface area contributed by atoms with Crippen molar-refractivity contribution in [1.82, 2.24) is 15.5 Å². The summed E-state index contributed by atoms with van der Waals surface area (Å²) >= 11 is 8.94. The van der Waals surface area contributed by atoms with E-state index in [2.05, 4.69) is 15.5 Å². The smallest absolute Gasteiger partial charge is 0.246 e. The van der Waals surface area contributed by atoms with Crippen LogP contribution in [0.25, 0.3) is 10.7 Å². The van der Waals surface area contributed by atoms with Gasteiger partial charge in [-0.25, -0.2) is 0 Å². The van der Waals surface area contributed by atoms with E-state index < -0.39 is 0 Å². The van der Waals surface area contributed by atoms with Gasteiger partial charge in [0.15, 0.2) is 0 Å². The lowest BCUT2D eigenvalue weighted by molar-refractivity contribution is -0.120. The molecule has 0 saturated carbocycles. The number of thiophene rings is 1. The van der Waals surface area contributed by atoms with Crippen LogP contribution in [0, 0.1) is 0 Å². The Kier molecular flexibility index (Phi) is 6.12. The first-order chi connectivity index (χ1) is 12.2. The largest absolute Gasteiger partial charge is 0.346 e. The molecule has 0 spiro atoms. The molecule has 0 aliphatic rings. The zero-order valence-corrected chi connectivity index (χ0v) is 15.8. The second kappa shape index (κ2) is 8.51. The van der Waals surface area contributed by atoms with E-state index in [1.54, 1.807) is 0 Å². The molecule has 0 fully saturated rings. The summed E-state index contributed by atoms with van der Waals surface area (Å²) in [6.45, 7) is 2.20. The number of nitrogens with one attached hydrogen (secondary N) is 1. The number of hydrogen-bond donors (Lipinski definition) is 1. The molecule has 2 heterocycles. The topological polar surface area (TPSA) is 68.0 Å². The van der Waals surface area contributed by atoms with Crippen molar-refractivity contribution in [2.45, 2.75) is 30.0 Å². The summed E-state index contributed by atoms with van der Waals surface area (Å²) in [5.41, 5.74) is 0. The van der Waals surface area contributed by atoms with E-state index in [1.165, 1.54) is 23.1 Å². The number of carbonyl (C=O) groups excluding carboxylic acids is 1. The van der Waals surface area contributed by atoms with Gasteiger partial charge in [0.05, 0.1) is 16.7 Å². The van der Waals surface area contributed by atoms with Crippen LogP contribution in [0.4, 0.5) is 0 Å². The monoisotopic (exact) mass is 393 g/mol. The van der Waals surface area contributed by atoms with Gasteiger partial charge in [0.25, 0.3) is 0 Å². The van der Waals surface area contributed by atoms with Crippen LogP contribution in [0.5, 0.6) is 0 Å². The molecule has 25 heavy (non-hydrogen) atoms. The lowest BCUT2D eigenvalue weighted by atomic mass is 10.3. The number of aromatic nitrogens is 2. The Bertz CT molecular complexity index is 819. The fourth-order valence-corrected chi connectivity index (χ4v) is 3.86. The van der Waals surface area contributed by atoms with Crippen LogP contribution >= 0.6 is 34.7 Å². The molecule has 0 aliphatic carbocycles. The highest BCUT2D eigenvalue weighted by Crippen LogP contribution is 2.27. The maximum Gasteiger partial charge on any atom is 0.246 e. The van der Waals surface area contributed by atoms with Gasteiger partial charge >= 0.3 is 0 Å². The zero-order chi connectivity index (χ0) is 17.6. The van der Waals surface area contributed by atoms with Crippen molar-refractivity contribution >= 4 is 40.6 Å². The van der Waals surface area contributed by atoms with Gasteiger partial charge in [-0.05, 0) is 42.1 Å². The standard InChI is InChI=1S/C17H16ClN3O2S2/c1-2-13(25-12-7-5-11(18)6-8-12)17(22)19-10-15-20-16(21-23-15)14-4-3-9-24-14/h3-9,13H,2,10H2,1H3,(H,19,22)/t13-/m1/s1. The minimum atomic E-state index is -0.194. The first-order valence-electron chi connectivity index (χ1n) is 7.72. The molecule has 1 atom stereocenters. The number of rotatable bonds is 7. The Morgan fingerprint density at radius 1 is 1.36 bits per heavy atom. The summed E-state index contributed by atoms with van der Waals surface area (Å²) in [4.78, 5) is 18.6. The second-order valence-corrected chi connectivity index (χ2v) is 7.84. The van der Waals surface area contributed by atoms with E-state index in [9.17, 15) is 4.79 Å². The second-order valence-electron chi connectivity index (χ2n) is 5.18. The first kappa shape index (κ1) is 18.0. The predicted octanol–water partition coefficient (Wildman–Crippen LogP) is 4.64. The summed E-state index contributed by atoms with van der Waals surface area (Å²) in [7, 11) is 0. The fraction of sp³-hybridized carbons (Fsp3) is 0.235. The van der Waals surface area contributed by atoms with Crippen LogP contribution in [-0.2, 0) is 11.3 Å². The summed E-state index contributed by atoms with van der Waals surface area (Å²) in [5.74, 6) is 0.878. The molecule has 0 saturated heterocycles. The van der Waals surface area contributed by atoms with Crippen molar-refractivity contribution in [2.75, 3.05) is 0 Å². The third-order valence-corrected chi connectivity index (χ3v) is 5.87. The lowest BCUT2D eigenvalue weighted by Crippen LogP contribution is -2.31. The van der Waals surface area contributed by atoms with Gasteiger partial charge in [0.1, 0.15) is 0 Å². The third kappa shape index (κ3) is 4.84. The number of halogens is 1. The fourth-order valence-electron chi connectivity index (χ4n) is 2.11. The van der Waals surface area contributed by atoms with Gasteiger partial charge in [-0.1, -0.05) is 29.7 Å². The molecule has 0 aliphatic heterocycles. The zero-order valence-electron chi connectivity index (χ0n) is 13.4. The number of amides is 1. The molecule has 2 aromatic heterocycles. The number of benzene rings is 1. The van der Waals surface area contributed by atoms with Crippen molar-refractivity contribution < 1.29 is 9.32 Å². The van der Waals surface area contributed by atoms with Crippen LogP contribution < -0.4 is 5.32 Å². The molecular formula is C17H16ClN3O2S2. The van der Waals surface area contributed by atoms with E-state index >= 15 is 0 Å². The number of carbonyl (C=O) groups is 1. The van der Waals surface area contributed by atoms with Crippen LogP contribution in [0.3, 0.4) is 0 Å². The summed E-state index contributed by atoms with van der Waals surface area (Å²) in [6.07, 6.45) is 0.712. The van der Waals surface area contributed by atoms with Gasteiger partial charge in [-0.3, -0.25) is 4.79 Å². The highest BCUT2D eigenvalue weighted by molar-refractivity contribution is 8.00. The Morgan fingerprint density at radius 2 is 2.16 bits per heavy atom. The van der Waals surface area contributed by atoms with E-state index in [4.69, 9.17) is 16.1 Å². The Hall–Kier alpha value is -1.83. The van der Waals surface area contributed by atoms with Crippen molar-refractivity contribution in [3.8, 4) is 10.7 Å². The first-order valence-corrected chi connectivity index (χ1v) is 9.86. The number of nitrogens with zero attached hydrogens (tertiary/aromatic N) is 2. The predicted molar refractivity (Wildman–Crippen MR) is 101 cm³/mol. The van der Waals surface area contributed by atoms with Crippen LogP contribution in [-0.4, -0.2) is 21.3 Å². The Morgan fingerprint density at radius 3 is 2.84 bits per heavy atom. The SMILES string of the molecule is CC[C@@H](Sc1ccc(Cl)cc1)C(=O)NCc1nc(-c2cccs2)no1. The lowest BCUT2D eigenvalue weighted by Gasteiger charge is -2.13. The molecule has 1 aromatic carbocycles. The van der Waals surface area contributed by atoms with E-state index in [-0.39, 0.29) is 17.7 Å². The third-order valence-electron chi connectivity index (χ3n) is 3.38. The van der Waals surface area contributed by atoms with E-state index in [0.29, 0.717) is 23.2 Å². The van der Waals surface area contributed by atoms with E-state index in [1.807, 2.05) is 48.7 Å². The van der Waals surface area contributed by atoms with Gasteiger partial charge < -0.3 is 9.84 Å². The summed E-state index contributed by atoms with van der Waals surface area (Å²) in [5, 5.41) is 9.23. The Labute approximate surface area is 158 Å². The van der Waals surface area contributed by atoms with Crippen LogP contribution in [0.15, 0.2) is 51.2 Å². The average Bonchev–Trinajstić information content (AvgIpc) is 3.30. The molecule has 3 aromatic rings. The molecule has 5 nitrogen and oxygen atoms in total. The van der Waals surface area contributed by atoms with E-state index in [0.717, 1.165) is 9.77 Å². The molecule has 130 valence electrons. The number of thioether (sulfide) groups is 1. The molecule has 0 bridgehead atoms. The minimum absolute atomic E-state index is 0.0571. The van der Waals surface area contributed by atoms with Gasteiger partial charge in [-0.2, -0.15) is 4.98 Å². The van der Waals surface area contributed by atoms with Crippen LogP contribution in [0.1, 0.15) is 19.2 Å². The van der Waals surface area contributed by atoms with Crippen molar-refractivity contribution in [3.63, 3.8) is 0 Å². The molecule has 0 radical (unpaired) electrons. The highest BCUT2D eigenvalue weighted by Gasteiger charge is 2.19. The molecule has 8 heteroatoms. The van der Waals surface area contributed by atoms with Gasteiger partial charge in [0, 0.05) is 9.92 Å². The van der Waals surface area contributed by atoms with Crippen LogP contribution in [0.2, 0.25) is 5.02 Å². The maximum atomic E-state index is 12.4. The Balaban J connectivity index is 1.56. The molecule has 1 N–H and O–H groups in total. The maximum absolute atomic E-state index is 12.4.